The first kappa shape index (κ1) is 19.8. The number of hydrogen-bond donors (Lipinski definition) is 1. The first-order chi connectivity index (χ1) is 11.6. The van der Waals surface area contributed by atoms with Gasteiger partial charge in [-0.3, -0.25) is 4.90 Å². The second kappa shape index (κ2) is 7.82. The van der Waals surface area contributed by atoms with Crippen LogP contribution in [0.15, 0.2) is 29.2 Å². The summed E-state index contributed by atoms with van der Waals surface area (Å²) in [5, 5.41) is 9.09. The molecule has 2 atom stereocenters. The van der Waals surface area contributed by atoms with Crippen LogP contribution in [0, 0.1) is 0 Å². The Morgan fingerprint density at radius 3 is 2.36 bits per heavy atom. The van der Waals surface area contributed by atoms with Gasteiger partial charge in [-0.2, -0.15) is 4.31 Å². The highest BCUT2D eigenvalue weighted by Gasteiger charge is 2.36. The molecule has 140 valence electrons. The Kier molecular flexibility index (Phi) is 6.21. The van der Waals surface area contributed by atoms with Gasteiger partial charge in [0.1, 0.15) is 0 Å². The number of nitrogens with zero attached hydrogens (tertiary/aromatic N) is 3. The lowest BCUT2D eigenvalue weighted by atomic mass is 10.1. The minimum Gasteiger partial charge on any atom is -0.478 e. The Hall–Kier alpha value is -1.48. The average Bonchev–Trinajstić information content (AvgIpc) is 2.53. The number of carbonyl (C=O) groups is 1. The molecule has 1 fully saturated rings. The highest BCUT2D eigenvalue weighted by Crippen LogP contribution is 2.23. The molecule has 0 amide bonds. The summed E-state index contributed by atoms with van der Waals surface area (Å²) in [5.74, 6) is -1.13. The Bertz CT molecular complexity index is 708. The summed E-state index contributed by atoms with van der Waals surface area (Å²) in [5.41, 5.74) is -0.0215. The average molecular weight is 369 g/mol. The van der Waals surface area contributed by atoms with Gasteiger partial charge in [-0.25, -0.2) is 13.2 Å². The third-order valence-electron chi connectivity index (χ3n) is 4.59. The predicted molar refractivity (Wildman–Crippen MR) is 96.3 cm³/mol. The molecule has 0 radical (unpaired) electrons. The van der Waals surface area contributed by atoms with Crippen molar-refractivity contribution >= 4 is 16.0 Å². The summed E-state index contributed by atoms with van der Waals surface area (Å²) in [7, 11) is 0.333. The molecule has 1 aliphatic heterocycles. The molecule has 0 bridgehead atoms. The van der Waals surface area contributed by atoms with Crippen LogP contribution in [0.1, 0.15) is 24.2 Å². The van der Waals surface area contributed by atoms with Gasteiger partial charge in [-0.05, 0) is 46.1 Å². The molecule has 1 saturated heterocycles. The maximum absolute atomic E-state index is 12.9. The van der Waals surface area contributed by atoms with E-state index in [2.05, 4.69) is 9.80 Å². The van der Waals surface area contributed by atoms with Crippen LogP contribution in [0.3, 0.4) is 0 Å². The summed E-state index contributed by atoms with van der Waals surface area (Å²) in [4.78, 5) is 15.6. The van der Waals surface area contributed by atoms with Crippen LogP contribution in [0.5, 0.6) is 0 Å². The van der Waals surface area contributed by atoms with E-state index in [9.17, 15) is 13.2 Å². The smallest absolute Gasteiger partial charge is 0.335 e. The highest BCUT2D eigenvalue weighted by atomic mass is 32.2. The maximum atomic E-state index is 12.9. The zero-order valence-corrected chi connectivity index (χ0v) is 16.0. The van der Waals surface area contributed by atoms with Gasteiger partial charge in [0, 0.05) is 38.3 Å². The van der Waals surface area contributed by atoms with Gasteiger partial charge < -0.3 is 10.0 Å². The van der Waals surface area contributed by atoms with Crippen molar-refractivity contribution in [2.45, 2.75) is 30.8 Å². The number of benzene rings is 1. The fourth-order valence-electron chi connectivity index (χ4n) is 3.20. The number of aromatic carboxylic acids is 1. The van der Waals surface area contributed by atoms with E-state index in [1.165, 1.54) is 28.6 Å². The lowest BCUT2D eigenvalue weighted by Crippen LogP contribution is -2.58. The third-order valence-corrected chi connectivity index (χ3v) is 6.42. The van der Waals surface area contributed by atoms with Gasteiger partial charge in [0.25, 0.3) is 0 Å². The summed E-state index contributed by atoms with van der Waals surface area (Å²) in [6, 6.07) is 5.74. The van der Waals surface area contributed by atoms with E-state index < -0.39 is 16.0 Å². The van der Waals surface area contributed by atoms with Crippen molar-refractivity contribution in [1.82, 2.24) is 14.1 Å². The van der Waals surface area contributed by atoms with Gasteiger partial charge >= 0.3 is 5.97 Å². The number of hydrogen-bond acceptors (Lipinski definition) is 5. The van der Waals surface area contributed by atoms with Crippen LogP contribution in [0.2, 0.25) is 0 Å². The number of rotatable bonds is 6. The molecular formula is C17H27N3O4S. The van der Waals surface area contributed by atoms with E-state index in [-0.39, 0.29) is 22.5 Å². The second-order valence-corrected chi connectivity index (χ2v) is 8.83. The first-order valence-corrected chi connectivity index (χ1v) is 9.81. The van der Waals surface area contributed by atoms with Gasteiger partial charge in [-0.1, -0.05) is 6.07 Å². The molecule has 25 heavy (non-hydrogen) atoms. The number of likely N-dealkylation sites (N-methyl/N-ethyl adjacent to an activating group) is 1. The molecule has 0 saturated carbocycles. The molecule has 1 aromatic carbocycles. The summed E-state index contributed by atoms with van der Waals surface area (Å²) < 4.78 is 27.3. The van der Waals surface area contributed by atoms with Crippen LogP contribution in [-0.4, -0.2) is 86.0 Å². The molecular weight excluding hydrogens is 342 g/mol. The Morgan fingerprint density at radius 2 is 1.84 bits per heavy atom. The predicted octanol–water partition coefficient (Wildman–Crippen LogP) is 1.03. The van der Waals surface area contributed by atoms with Crippen LogP contribution in [0.4, 0.5) is 0 Å². The standard InChI is InChI=1S/C17H27N3O4S/c1-13-11-19(12-14(2)20(13)9-8-18(3)4)25(23,24)16-7-5-6-15(10-16)17(21)22/h5-7,10,13-14H,8-9,11-12H2,1-4H3,(H,21,22). The normalized spacial score (nSPS) is 23.1. The van der Waals surface area contributed by atoms with Crippen LogP contribution < -0.4 is 0 Å². The minimum absolute atomic E-state index is 0.0215. The minimum atomic E-state index is -3.71. The first-order valence-electron chi connectivity index (χ1n) is 8.37. The van der Waals surface area contributed by atoms with E-state index in [4.69, 9.17) is 5.11 Å². The number of carboxylic acid groups (broad SMARTS) is 1. The molecule has 0 spiro atoms. The molecule has 2 unspecified atom stereocenters. The van der Waals surface area contributed by atoms with Gasteiger partial charge in [-0.15, -0.1) is 0 Å². The lowest BCUT2D eigenvalue weighted by Gasteiger charge is -2.44. The summed E-state index contributed by atoms with van der Waals surface area (Å²) in [6.07, 6.45) is 0. The fourth-order valence-corrected chi connectivity index (χ4v) is 4.85. The quantitative estimate of drug-likeness (QED) is 0.807. The van der Waals surface area contributed by atoms with Crippen molar-refractivity contribution in [3.8, 4) is 0 Å². The molecule has 1 heterocycles. The van der Waals surface area contributed by atoms with Crippen LogP contribution in [0.25, 0.3) is 0 Å². The zero-order valence-electron chi connectivity index (χ0n) is 15.2. The fraction of sp³-hybridized carbons (Fsp3) is 0.588. The second-order valence-electron chi connectivity index (χ2n) is 6.89. The molecule has 2 rings (SSSR count). The number of piperazine rings is 1. The van der Waals surface area contributed by atoms with Crippen molar-refractivity contribution < 1.29 is 18.3 Å². The number of sulfonamides is 1. The van der Waals surface area contributed by atoms with E-state index in [1.807, 2.05) is 27.9 Å². The van der Waals surface area contributed by atoms with Gasteiger partial charge in [0.15, 0.2) is 0 Å². The molecule has 0 aliphatic carbocycles. The summed E-state index contributed by atoms with van der Waals surface area (Å²) >= 11 is 0. The van der Waals surface area contributed by atoms with E-state index in [0.717, 1.165) is 13.1 Å². The van der Waals surface area contributed by atoms with E-state index in [0.29, 0.717) is 13.1 Å². The lowest BCUT2D eigenvalue weighted by molar-refractivity contribution is 0.0695. The Morgan fingerprint density at radius 1 is 1.24 bits per heavy atom. The number of carboxylic acids is 1. The third kappa shape index (κ3) is 4.58. The topological polar surface area (TPSA) is 81.2 Å². The molecule has 7 nitrogen and oxygen atoms in total. The molecule has 0 aromatic heterocycles. The van der Waals surface area contributed by atoms with E-state index >= 15 is 0 Å². The van der Waals surface area contributed by atoms with Crippen molar-refractivity contribution in [2.24, 2.45) is 0 Å². The van der Waals surface area contributed by atoms with Crippen LogP contribution in [-0.2, 0) is 10.0 Å². The van der Waals surface area contributed by atoms with Gasteiger partial charge in [0.2, 0.25) is 10.0 Å². The van der Waals surface area contributed by atoms with Crippen molar-refractivity contribution in [3.05, 3.63) is 29.8 Å². The molecule has 8 heteroatoms. The highest BCUT2D eigenvalue weighted by molar-refractivity contribution is 7.89. The zero-order chi connectivity index (χ0) is 18.8. The van der Waals surface area contributed by atoms with Crippen LogP contribution >= 0.6 is 0 Å². The van der Waals surface area contributed by atoms with Gasteiger partial charge in [0.05, 0.1) is 10.5 Å². The Labute approximate surface area is 149 Å². The SMILES string of the molecule is CC1CN(S(=O)(=O)c2cccc(C(=O)O)c2)CC(C)N1CCN(C)C. The maximum Gasteiger partial charge on any atom is 0.335 e. The van der Waals surface area contributed by atoms with Crippen molar-refractivity contribution in [2.75, 3.05) is 40.3 Å². The Balaban J connectivity index is 2.19. The molecule has 1 aliphatic rings. The molecule has 1 N–H and O–H groups in total. The van der Waals surface area contributed by atoms with E-state index in [1.54, 1.807) is 0 Å². The summed E-state index contributed by atoms with van der Waals surface area (Å²) in [6.45, 7) is 6.66. The largest absolute Gasteiger partial charge is 0.478 e. The molecule has 1 aromatic rings. The van der Waals surface area contributed by atoms with Crippen molar-refractivity contribution in [1.29, 1.82) is 0 Å². The van der Waals surface area contributed by atoms with Crippen molar-refractivity contribution in [3.63, 3.8) is 0 Å². The monoisotopic (exact) mass is 369 g/mol.